The number of anilines is 1. The number of hydrogen-bond donors (Lipinski definition) is 0. The van der Waals surface area contributed by atoms with E-state index in [1.807, 2.05) is 6.08 Å². The highest BCUT2D eigenvalue weighted by Crippen LogP contribution is 2.65. The van der Waals surface area contributed by atoms with Gasteiger partial charge in [-0.1, -0.05) is 198 Å². The van der Waals surface area contributed by atoms with Crippen molar-refractivity contribution in [2.75, 3.05) is 4.90 Å². The number of rotatable bonds is 5. The summed E-state index contributed by atoms with van der Waals surface area (Å²) in [6, 6.07) is 41.5. The Morgan fingerprint density at radius 1 is 0.729 bits per heavy atom. The van der Waals surface area contributed by atoms with Crippen molar-refractivity contribution in [1.82, 2.24) is 0 Å². The second-order valence-electron chi connectivity index (χ2n) is 18.4. The summed E-state index contributed by atoms with van der Waals surface area (Å²) in [5, 5.41) is 0. The SMILES string of the molecule is C=C/C=C(C)\C=C1/Cc2ccc(C)cc2C12c1ccccc1C1=CC=CC(N(C3=CC(C)(C)c4ccccc4C(=C)C=C3)c3ccc4c(c3)C(C)(C)c3ccccc3-4)C12. The van der Waals surface area contributed by atoms with Crippen LogP contribution in [0.4, 0.5) is 5.69 Å². The molecule has 1 heteroatoms. The lowest BCUT2D eigenvalue weighted by Gasteiger charge is -2.46. The van der Waals surface area contributed by atoms with Crippen LogP contribution in [-0.4, -0.2) is 6.04 Å². The lowest BCUT2D eigenvalue weighted by atomic mass is 9.63. The molecule has 0 aliphatic heterocycles. The summed E-state index contributed by atoms with van der Waals surface area (Å²) in [5.41, 5.74) is 21.5. The number of fused-ring (bicyclic) bond motifs is 11. The molecule has 5 aromatic carbocycles. The summed E-state index contributed by atoms with van der Waals surface area (Å²) in [6.07, 6.45) is 21.8. The van der Waals surface area contributed by atoms with Crippen molar-refractivity contribution in [2.24, 2.45) is 5.92 Å². The monoisotopic (exact) mass is 763 g/mol. The Hall–Kier alpha value is -6.18. The average molecular weight is 764 g/mol. The van der Waals surface area contributed by atoms with E-state index in [1.54, 1.807) is 0 Å². The summed E-state index contributed by atoms with van der Waals surface area (Å²) in [4.78, 5) is 2.69. The molecule has 0 N–H and O–H groups in total. The molecule has 0 saturated heterocycles. The molecule has 0 bridgehead atoms. The molecule has 3 unspecified atom stereocenters. The fourth-order valence-electron chi connectivity index (χ4n) is 11.6. The van der Waals surface area contributed by atoms with Gasteiger partial charge in [0.15, 0.2) is 0 Å². The van der Waals surface area contributed by atoms with Crippen LogP contribution in [-0.2, 0) is 22.7 Å². The minimum Gasteiger partial charge on any atom is -0.334 e. The van der Waals surface area contributed by atoms with E-state index in [2.05, 4.69) is 217 Å². The van der Waals surface area contributed by atoms with Gasteiger partial charge in [-0.05, 0) is 111 Å². The maximum Gasteiger partial charge on any atom is 0.0609 e. The second-order valence-corrected chi connectivity index (χ2v) is 18.4. The molecule has 1 nitrogen and oxygen atoms in total. The van der Waals surface area contributed by atoms with E-state index in [0.29, 0.717) is 0 Å². The molecule has 0 radical (unpaired) electrons. The minimum absolute atomic E-state index is 0.0412. The molecule has 3 atom stereocenters. The van der Waals surface area contributed by atoms with Crippen LogP contribution in [0.5, 0.6) is 0 Å². The normalized spacial score (nSPS) is 23.3. The van der Waals surface area contributed by atoms with Gasteiger partial charge in [0, 0.05) is 28.1 Å². The Kier molecular flexibility index (Phi) is 8.45. The third-order valence-corrected chi connectivity index (χ3v) is 14.1. The van der Waals surface area contributed by atoms with Gasteiger partial charge in [0.1, 0.15) is 0 Å². The second kappa shape index (κ2) is 13.4. The van der Waals surface area contributed by atoms with Gasteiger partial charge in [0.25, 0.3) is 0 Å². The van der Waals surface area contributed by atoms with Crippen molar-refractivity contribution in [3.8, 4) is 11.1 Å². The average Bonchev–Trinajstić information content (AvgIpc) is 3.79. The van der Waals surface area contributed by atoms with Crippen molar-refractivity contribution >= 4 is 16.8 Å². The van der Waals surface area contributed by atoms with E-state index in [-0.39, 0.29) is 22.8 Å². The summed E-state index contributed by atoms with van der Waals surface area (Å²) >= 11 is 0. The fraction of sp³-hybridized carbons (Fsp3) is 0.207. The largest absolute Gasteiger partial charge is 0.334 e. The molecule has 0 amide bonds. The van der Waals surface area contributed by atoms with Gasteiger partial charge >= 0.3 is 0 Å². The smallest absolute Gasteiger partial charge is 0.0609 e. The van der Waals surface area contributed by atoms with E-state index in [1.165, 1.54) is 89.3 Å². The standard InChI is InChI=1S/C58H53N/c1-9-17-37(2)32-41-34-40-28-26-38(3)33-52(40)58(41)51-24-15-12-20-46(51)48-21-16-25-54(55(48)58)59(43-29-27-39(4)44-18-10-13-22-49(44)56(5,6)36-43)42-30-31-47-45-19-11-14-23-50(45)57(7,8)53(47)35-42/h9-33,35-36,54-55H,1,4,34H2,2-3,5-8H3/b29-27?,37-17-,41-32+,43-36?. The highest BCUT2D eigenvalue weighted by atomic mass is 15.2. The van der Waals surface area contributed by atoms with E-state index >= 15 is 0 Å². The van der Waals surface area contributed by atoms with Crippen LogP contribution < -0.4 is 4.90 Å². The van der Waals surface area contributed by atoms with E-state index in [0.717, 1.165) is 12.0 Å². The van der Waals surface area contributed by atoms with Crippen LogP contribution in [0.25, 0.3) is 22.3 Å². The van der Waals surface area contributed by atoms with Crippen LogP contribution in [0.2, 0.25) is 0 Å². The zero-order chi connectivity index (χ0) is 40.8. The number of allylic oxidation sites excluding steroid dienone is 11. The first-order chi connectivity index (χ1) is 28.4. The zero-order valence-electron chi connectivity index (χ0n) is 35.3. The summed E-state index contributed by atoms with van der Waals surface area (Å²) in [6.45, 7) is 22.7. The third kappa shape index (κ3) is 5.44. The number of nitrogens with zero attached hydrogens (tertiary/aromatic N) is 1. The molecule has 5 aliphatic rings. The summed E-state index contributed by atoms with van der Waals surface area (Å²) < 4.78 is 0. The zero-order valence-corrected chi connectivity index (χ0v) is 35.3. The quantitative estimate of drug-likeness (QED) is 0.161. The van der Waals surface area contributed by atoms with Crippen molar-refractivity contribution in [1.29, 1.82) is 0 Å². The molecule has 0 aromatic heterocycles. The maximum absolute atomic E-state index is 4.64. The molecular weight excluding hydrogens is 711 g/mol. The molecule has 10 rings (SSSR count). The molecule has 5 aliphatic carbocycles. The highest BCUT2D eigenvalue weighted by Gasteiger charge is 2.59. The van der Waals surface area contributed by atoms with Gasteiger partial charge in [0.05, 0.1) is 11.5 Å². The van der Waals surface area contributed by atoms with E-state index in [9.17, 15) is 0 Å². The van der Waals surface area contributed by atoms with Gasteiger partial charge in [-0.15, -0.1) is 0 Å². The number of aryl methyl sites for hydroxylation is 1. The van der Waals surface area contributed by atoms with Crippen LogP contribution in [0, 0.1) is 12.8 Å². The Bertz CT molecular complexity index is 2820. The lowest BCUT2D eigenvalue weighted by molar-refractivity contribution is 0.433. The first-order valence-electron chi connectivity index (χ1n) is 21.3. The Morgan fingerprint density at radius 2 is 1.42 bits per heavy atom. The highest BCUT2D eigenvalue weighted by molar-refractivity contribution is 5.89. The molecule has 59 heavy (non-hydrogen) atoms. The van der Waals surface area contributed by atoms with Crippen LogP contribution in [0.15, 0.2) is 194 Å². The minimum atomic E-state index is -0.391. The topological polar surface area (TPSA) is 3.24 Å². The van der Waals surface area contributed by atoms with Gasteiger partial charge in [-0.2, -0.15) is 0 Å². The predicted octanol–water partition coefficient (Wildman–Crippen LogP) is 14.1. The van der Waals surface area contributed by atoms with Crippen LogP contribution in [0.1, 0.15) is 84.7 Å². The van der Waals surface area contributed by atoms with Crippen LogP contribution >= 0.6 is 0 Å². The molecule has 290 valence electrons. The van der Waals surface area contributed by atoms with Crippen LogP contribution in [0.3, 0.4) is 0 Å². The molecule has 0 fully saturated rings. The first-order valence-corrected chi connectivity index (χ1v) is 21.3. The van der Waals surface area contributed by atoms with Gasteiger partial charge < -0.3 is 4.90 Å². The van der Waals surface area contributed by atoms with Gasteiger partial charge in [0.2, 0.25) is 0 Å². The van der Waals surface area contributed by atoms with Crippen molar-refractivity contribution in [3.05, 3.63) is 244 Å². The van der Waals surface area contributed by atoms with Crippen molar-refractivity contribution < 1.29 is 0 Å². The maximum atomic E-state index is 4.64. The summed E-state index contributed by atoms with van der Waals surface area (Å²) in [7, 11) is 0. The third-order valence-electron chi connectivity index (χ3n) is 14.1. The Labute approximate surface area is 351 Å². The number of hydrogen-bond acceptors (Lipinski definition) is 1. The Morgan fingerprint density at radius 3 is 2.20 bits per heavy atom. The lowest BCUT2D eigenvalue weighted by Crippen LogP contribution is -2.48. The first kappa shape index (κ1) is 37.1. The fourth-order valence-corrected chi connectivity index (χ4v) is 11.6. The van der Waals surface area contributed by atoms with Gasteiger partial charge in [-0.3, -0.25) is 0 Å². The van der Waals surface area contributed by atoms with E-state index in [4.69, 9.17) is 0 Å². The molecule has 1 spiro atoms. The van der Waals surface area contributed by atoms with E-state index < -0.39 is 5.41 Å². The van der Waals surface area contributed by atoms with Crippen molar-refractivity contribution in [2.45, 2.75) is 70.3 Å². The molecule has 0 saturated carbocycles. The molecular formula is C58H53N. The number of benzene rings is 5. The summed E-state index contributed by atoms with van der Waals surface area (Å²) in [5.74, 6) is 0.0764. The molecule has 0 heterocycles. The van der Waals surface area contributed by atoms with Crippen molar-refractivity contribution in [3.63, 3.8) is 0 Å². The predicted molar refractivity (Wildman–Crippen MR) is 251 cm³/mol. The Balaban J connectivity index is 1.27. The van der Waals surface area contributed by atoms with Gasteiger partial charge in [-0.25, -0.2) is 0 Å². The molecule has 5 aromatic rings.